The van der Waals surface area contributed by atoms with Gasteiger partial charge in [0, 0.05) is 13.5 Å². The molecule has 0 aromatic heterocycles. The van der Waals surface area contributed by atoms with Gasteiger partial charge in [-0.3, -0.25) is 9.69 Å². The normalized spacial score (nSPS) is 36.9. The Morgan fingerprint density at radius 3 is 2.27 bits per heavy atom. The van der Waals surface area contributed by atoms with E-state index in [-0.39, 0.29) is 25.1 Å². The molecule has 1 aliphatic heterocycles. The minimum Gasteiger partial charge on any atom is -0.395 e. The van der Waals surface area contributed by atoms with Crippen molar-refractivity contribution in [2.75, 3.05) is 20.2 Å². The zero-order chi connectivity index (χ0) is 11.6. The van der Waals surface area contributed by atoms with Crippen LogP contribution >= 0.6 is 0 Å². The Hall–Kier alpha value is -0.690. The molecule has 6 nitrogen and oxygen atoms in total. The lowest BCUT2D eigenvalue weighted by Crippen LogP contribution is -2.44. The van der Waals surface area contributed by atoms with Crippen LogP contribution in [0.1, 0.15) is 6.92 Å². The number of aliphatic hydroxyl groups is 3. The summed E-state index contributed by atoms with van der Waals surface area (Å²) in [5, 5.41) is 30.9. The van der Waals surface area contributed by atoms with Crippen molar-refractivity contribution in [2.24, 2.45) is 0 Å². The average molecular weight is 218 g/mol. The first-order valence-electron chi connectivity index (χ1n) is 4.92. The molecule has 0 aliphatic carbocycles. The molecule has 0 saturated carbocycles. The van der Waals surface area contributed by atoms with Crippen molar-refractivity contribution in [3.8, 4) is 0 Å². The smallest absolute Gasteiger partial charge is 0.216 e. The maximum atomic E-state index is 10.7. The van der Waals surface area contributed by atoms with Crippen molar-refractivity contribution in [2.45, 2.75) is 31.2 Å². The largest absolute Gasteiger partial charge is 0.395 e. The molecular weight excluding hydrogens is 200 g/mol. The standard InChI is InChI=1S/C9H18N2O4/c1-5(13)10-3-6-8(14)9(15)7(4-12)11(6)2/h6-9,12,14-15H,3-4H2,1-2H3,(H,10,13)/t6-,7-,8-,9-/m1/s1. The molecule has 0 unspecified atom stereocenters. The summed E-state index contributed by atoms with van der Waals surface area (Å²) >= 11 is 0. The third kappa shape index (κ3) is 2.46. The molecule has 1 rings (SSSR count). The third-order valence-electron chi connectivity index (χ3n) is 2.93. The number of carbonyl (C=O) groups is 1. The summed E-state index contributed by atoms with van der Waals surface area (Å²) in [4.78, 5) is 12.4. The van der Waals surface area contributed by atoms with Crippen LogP contribution in [-0.4, -0.2) is 70.6 Å². The van der Waals surface area contributed by atoms with Gasteiger partial charge in [-0.15, -0.1) is 0 Å². The van der Waals surface area contributed by atoms with Crippen LogP contribution < -0.4 is 5.32 Å². The molecule has 4 N–H and O–H groups in total. The number of carbonyl (C=O) groups excluding carboxylic acids is 1. The molecule has 4 atom stereocenters. The Morgan fingerprint density at radius 1 is 1.33 bits per heavy atom. The van der Waals surface area contributed by atoms with E-state index in [1.54, 1.807) is 11.9 Å². The van der Waals surface area contributed by atoms with Crippen LogP contribution in [0.2, 0.25) is 0 Å². The quantitative estimate of drug-likeness (QED) is 0.421. The fourth-order valence-electron chi connectivity index (χ4n) is 1.93. The Labute approximate surface area is 88.5 Å². The predicted octanol–water partition coefficient (Wildman–Crippen LogP) is -2.48. The molecule has 6 heteroatoms. The summed E-state index contributed by atoms with van der Waals surface area (Å²) < 4.78 is 0. The summed E-state index contributed by atoms with van der Waals surface area (Å²) in [7, 11) is 1.70. The lowest BCUT2D eigenvalue weighted by Gasteiger charge is -2.24. The second-order valence-electron chi connectivity index (χ2n) is 3.90. The number of hydrogen-bond acceptors (Lipinski definition) is 5. The van der Waals surface area contributed by atoms with Crippen molar-refractivity contribution >= 4 is 5.91 Å². The molecule has 1 amide bonds. The lowest BCUT2D eigenvalue weighted by molar-refractivity contribution is -0.119. The Morgan fingerprint density at radius 2 is 1.87 bits per heavy atom. The van der Waals surface area contributed by atoms with Crippen LogP contribution in [0.4, 0.5) is 0 Å². The second-order valence-corrected chi connectivity index (χ2v) is 3.90. The van der Waals surface area contributed by atoms with E-state index in [1.165, 1.54) is 6.92 Å². The highest BCUT2D eigenvalue weighted by Crippen LogP contribution is 2.22. The van der Waals surface area contributed by atoms with Crippen molar-refractivity contribution in [3.63, 3.8) is 0 Å². The van der Waals surface area contributed by atoms with E-state index in [0.29, 0.717) is 0 Å². The maximum absolute atomic E-state index is 10.7. The van der Waals surface area contributed by atoms with Gasteiger partial charge >= 0.3 is 0 Å². The zero-order valence-electron chi connectivity index (χ0n) is 8.92. The summed E-state index contributed by atoms with van der Waals surface area (Å²) in [5.74, 6) is -0.183. The highest BCUT2D eigenvalue weighted by atomic mass is 16.3. The number of aliphatic hydroxyl groups excluding tert-OH is 3. The van der Waals surface area contributed by atoms with Crippen molar-refractivity contribution in [1.29, 1.82) is 0 Å². The van der Waals surface area contributed by atoms with Gasteiger partial charge in [0.25, 0.3) is 0 Å². The van der Waals surface area contributed by atoms with E-state index < -0.39 is 18.2 Å². The van der Waals surface area contributed by atoms with Gasteiger partial charge in [-0.25, -0.2) is 0 Å². The van der Waals surface area contributed by atoms with E-state index in [9.17, 15) is 15.0 Å². The van der Waals surface area contributed by atoms with Gasteiger partial charge in [0.05, 0.1) is 30.9 Å². The molecular formula is C9H18N2O4. The van der Waals surface area contributed by atoms with E-state index in [2.05, 4.69) is 5.32 Å². The van der Waals surface area contributed by atoms with Crippen LogP contribution in [0, 0.1) is 0 Å². The van der Waals surface area contributed by atoms with Gasteiger partial charge in [0.1, 0.15) is 0 Å². The minimum atomic E-state index is -0.973. The summed E-state index contributed by atoms with van der Waals surface area (Å²) in [6.45, 7) is 1.44. The summed E-state index contributed by atoms with van der Waals surface area (Å²) in [5.41, 5.74) is 0. The SMILES string of the molecule is CC(=O)NC[C@@H]1[C@@H](O)[C@H](O)[C@@H](CO)N1C. The molecule has 15 heavy (non-hydrogen) atoms. The number of likely N-dealkylation sites (N-methyl/N-ethyl adjacent to an activating group) is 1. The van der Waals surface area contributed by atoms with Crippen molar-refractivity contribution in [3.05, 3.63) is 0 Å². The fraction of sp³-hybridized carbons (Fsp3) is 0.889. The lowest BCUT2D eigenvalue weighted by atomic mass is 10.1. The molecule has 0 aromatic rings. The Balaban J connectivity index is 2.61. The monoisotopic (exact) mass is 218 g/mol. The topological polar surface area (TPSA) is 93.0 Å². The van der Waals surface area contributed by atoms with E-state index in [1.807, 2.05) is 0 Å². The number of likely N-dealkylation sites (tertiary alicyclic amines) is 1. The molecule has 1 fully saturated rings. The number of nitrogens with one attached hydrogen (secondary N) is 1. The number of rotatable bonds is 3. The summed E-state index contributed by atoms with van der Waals surface area (Å²) in [6, 6.07) is -0.834. The molecule has 1 saturated heterocycles. The van der Waals surface area contributed by atoms with Gasteiger partial charge in [0.2, 0.25) is 5.91 Å². The van der Waals surface area contributed by atoms with Gasteiger partial charge < -0.3 is 20.6 Å². The van der Waals surface area contributed by atoms with Crippen molar-refractivity contribution < 1.29 is 20.1 Å². The molecule has 1 aliphatic rings. The molecule has 0 aromatic carbocycles. The Bertz CT molecular complexity index is 236. The fourth-order valence-corrected chi connectivity index (χ4v) is 1.93. The maximum Gasteiger partial charge on any atom is 0.216 e. The van der Waals surface area contributed by atoms with Crippen LogP contribution in [0.5, 0.6) is 0 Å². The van der Waals surface area contributed by atoms with E-state index in [0.717, 1.165) is 0 Å². The minimum absolute atomic E-state index is 0.183. The first kappa shape index (κ1) is 12.4. The predicted molar refractivity (Wildman–Crippen MR) is 53.1 cm³/mol. The molecule has 88 valence electrons. The van der Waals surface area contributed by atoms with Crippen LogP contribution in [0.3, 0.4) is 0 Å². The van der Waals surface area contributed by atoms with Gasteiger partial charge in [-0.2, -0.15) is 0 Å². The number of amides is 1. The molecule has 1 heterocycles. The van der Waals surface area contributed by atoms with Crippen molar-refractivity contribution in [1.82, 2.24) is 10.2 Å². The van der Waals surface area contributed by atoms with Crippen LogP contribution in [0.25, 0.3) is 0 Å². The van der Waals surface area contributed by atoms with Gasteiger partial charge in [0.15, 0.2) is 0 Å². The number of nitrogens with zero attached hydrogens (tertiary/aromatic N) is 1. The number of hydrogen-bond donors (Lipinski definition) is 4. The van der Waals surface area contributed by atoms with Crippen LogP contribution in [0.15, 0.2) is 0 Å². The first-order valence-corrected chi connectivity index (χ1v) is 4.92. The van der Waals surface area contributed by atoms with Gasteiger partial charge in [-0.05, 0) is 7.05 Å². The second kappa shape index (κ2) is 4.89. The van der Waals surface area contributed by atoms with Gasteiger partial charge in [-0.1, -0.05) is 0 Å². The third-order valence-corrected chi connectivity index (χ3v) is 2.93. The molecule has 0 radical (unpaired) electrons. The highest BCUT2D eigenvalue weighted by molar-refractivity contribution is 5.72. The molecule has 0 spiro atoms. The molecule has 0 bridgehead atoms. The van der Waals surface area contributed by atoms with E-state index >= 15 is 0 Å². The average Bonchev–Trinajstić information content (AvgIpc) is 2.36. The summed E-state index contributed by atoms with van der Waals surface area (Å²) in [6.07, 6.45) is -1.92. The van der Waals surface area contributed by atoms with Crippen LogP contribution in [-0.2, 0) is 4.79 Å². The zero-order valence-corrected chi connectivity index (χ0v) is 8.92. The first-order chi connectivity index (χ1) is 6.99. The highest BCUT2D eigenvalue weighted by Gasteiger charge is 2.45. The van der Waals surface area contributed by atoms with E-state index in [4.69, 9.17) is 5.11 Å². The Kier molecular flexibility index (Phi) is 4.04.